The molecule has 0 aliphatic carbocycles. The van der Waals surface area contributed by atoms with Crippen molar-refractivity contribution in [1.29, 1.82) is 0 Å². The van der Waals surface area contributed by atoms with Gasteiger partial charge >= 0.3 is 7.60 Å². The largest absolute Gasteiger partial charge is 0.394 e. The van der Waals surface area contributed by atoms with Crippen LogP contribution in [0.2, 0.25) is 0 Å². The molecule has 8 heteroatoms. The van der Waals surface area contributed by atoms with E-state index in [0.29, 0.717) is 0 Å². The van der Waals surface area contributed by atoms with Crippen LogP contribution in [0.4, 0.5) is 0 Å². The average molecular weight is 201 g/mol. The van der Waals surface area contributed by atoms with Gasteiger partial charge in [0, 0.05) is 0 Å². The number of nitrogens with two attached hydrogens (primary N) is 1. The SMILES string of the molecule is NC(O)C(OCCO)P(=O)(O)O. The normalized spacial score (nSPS) is 17.4. The molecule has 0 bridgehead atoms. The summed E-state index contributed by atoms with van der Waals surface area (Å²) in [5, 5.41) is 16.9. The van der Waals surface area contributed by atoms with Crippen molar-refractivity contribution in [3.05, 3.63) is 0 Å². The third-order valence-corrected chi connectivity index (χ3v) is 2.12. The molecular weight excluding hydrogens is 189 g/mol. The van der Waals surface area contributed by atoms with Gasteiger partial charge in [0.25, 0.3) is 0 Å². The molecule has 0 aliphatic rings. The molecule has 6 N–H and O–H groups in total. The molecule has 0 aromatic carbocycles. The third kappa shape index (κ3) is 4.13. The highest BCUT2D eigenvalue weighted by atomic mass is 31.2. The van der Waals surface area contributed by atoms with Crippen molar-refractivity contribution < 1.29 is 29.3 Å². The van der Waals surface area contributed by atoms with Crippen LogP contribution in [0.25, 0.3) is 0 Å². The molecule has 0 heterocycles. The smallest absolute Gasteiger partial charge is 0.358 e. The lowest BCUT2D eigenvalue weighted by molar-refractivity contribution is -0.0134. The molecule has 74 valence electrons. The molecule has 0 aromatic rings. The number of aliphatic hydroxyl groups is 2. The van der Waals surface area contributed by atoms with Crippen molar-refractivity contribution in [2.45, 2.75) is 12.1 Å². The number of hydrogen-bond donors (Lipinski definition) is 5. The Bertz CT molecular complexity index is 167. The summed E-state index contributed by atoms with van der Waals surface area (Å²) in [6, 6.07) is 0. The second kappa shape index (κ2) is 4.88. The zero-order valence-electron chi connectivity index (χ0n) is 6.20. The zero-order valence-corrected chi connectivity index (χ0v) is 7.09. The van der Waals surface area contributed by atoms with Crippen LogP contribution in [0.5, 0.6) is 0 Å². The summed E-state index contributed by atoms with van der Waals surface area (Å²) in [5.74, 6) is -1.77. The zero-order chi connectivity index (χ0) is 9.78. The van der Waals surface area contributed by atoms with E-state index < -0.39 is 26.3 Å². The summed E-state index contributed by atoms with van der Waals surface area (Å²) in [7, 11) is -4.57. The number of hydrogen-bond acceptors (Lipinski definition) is 5. The Balaban J connectivity index is 4.15. The van der Waals surface area contributed by atoms with E-state index in [1.54, 1.807) is 0 Å². The molecule has 0 fully saturated rings. The Morgan fingerprint density at radius 2 is 2.00 bits per heavy atom. The lowest BCUT2D eigenvalue weighted by atomic mass is 10.6. The second-order valence-corrected chi connectivity index (χ2v) is 3.75. The molecule has 0 aromatic heterocycles. The van der Waals surface area contributed by atoms with Gasteiger partial charge in [0.15, 0.2) is 5.85 Å². The lowest BCUT2D eigenvalue weighted by Crippen LogP contribution is -2.36. The van der Waals surface area contributed by atoms with Gasteiger partial charge in [-0.3, -0.25) is 4.57 Å². The highest BCUT2D eigenvalue weighted by Crippen LogP contribution is 2.42. The van der Waals surface area contributed by atoms with E-state index in [-0.39, 0.29) is 6.61 Å². The standard InChI is InChI=1S/C4H12NO6P/c5-3(7)4(11-2-1-6)12(8,9)10/h3-4,6-7H,1-2,5H2,(H2,8,9,10). The molecule has 7 nitrogen and oxygen atoms in total. The molecular formula is C4H12NO6P. The van der Waals surface area contributed by atoms with Gasteiger partial charge in [-0.1, -0.05) is 0 Å². The van der Waals surface area contributed by atoms with Crippen LogP contribution in [0.3, 0.4) is 0 Å². The van der Waals surface area contributed by atoms with Crippen molar-refractivity contribution in [2.24, 2.45) is 5.73 Å². The fraction of sp³-hybridized carbons (Fsp3) is 1.00. The minimum Gasteiger partial charge on any atom is -0.394 e. The van der Waals surface area contributed by atoms with E-state index in [1.165, 1.54) is 0 Å². The first-order chi connectivity index (χ1) is 5.39. The van der Waals surface area contributed by atoms with Gasteiger partial charge in [0.05, 0.1) is 13.2 Å². The predicted molar refractivity (Wildman–Crippen MR) is 39.1 cm³/mol. The maximum absolute atomic E-state index is 10.5. The maximum Gasteiger partial charge on any atom is 0.358 e. The summed E-state index contributed by atoms with van der Waals surface area (Å²) >= 11 is 0. The van der Waals surface area contributed by atoms with E-state index in [2.05, 4.69) is 4.74 Å². The molecule has 0 amide bonds. The summed E-state index contributed by atoms with van der Waals surface area (Å²) in [5.41, 5.74) is 4.82. The van der Waals surface area contributed by atoms with Crippen molar-refractivity contribution >= 4 is 7.60 Å². The van der Waals surface area contributed by atoms with E-state index >= 15 is 0 Å². The van der Waals surface area contributed by atoms with Crippen molar-refractivity contribution in [3.8, 4) is 0 Å². The molecule has 0 rings (SSSR count). The number of rotatable bonds is 5. The molecule has 0 saturated heterocycles. The predicted octanol–water partition coefficient (Wildman–Crippen LogP) is -2.22. The van der Waals surface area contributed by atoms with Crippen LogP contribution in [0, 0.1) is 0 Å². The summed E-state index contributed by atoms with van der Waals surface area (Å²) in [4.78, 5) is 17.1. The maximum atomic E-state index is 10.5. The molecule has 0 saturated carbocycles. The molecule has 0 spiro atoms. The summed E-state index contributed by atoms with van der Waals surface area (Å²) < 4.78 is 15.0. The quantitative estimate of drug-likeness (QED) is 0.251. The van der Waals surface area contributed by atoms with Crippen LogP contribution in [0.1, 0.15) is 0 Å². The molecule has 2 atom stereocenters. The topological polar surface area (TPSA) is 133 Å². The molecule has 0 aliphatic heterocycles. The van der Waals surface area contributed by atoms with Crippen LogP contribution >= 0.6 is 7.60 Å². The van der Waals surface area contributed by atoms with Crippen LogP contribution < -0.4 is 5.73 Å². The number of aliphatic hydroxyl groups excluding tert-OH is 2. The van der Waals surface area contributed by atoms with Crippen molar-refractivity contribution in [1.82, 2.24) is 0 Å². The average Bonchev–Trinajstić information content (AvgIpc) is 1.84. The van der Waals surface area contributed by atoms with E-state index in [9.17, 15) is 4.57 Å². The van der Waals surface area contributed by atoms with Gasteiger partial charge in [-0.2, -0.15) is 0 Å². The van der Waals surface area contributed by atoms with Crippen LogP contribution in [-0.4, -0.2) is 45.3 Å². The minimum absolute atomic E-state index is 0.288. The second-order valence-electron chi connectivity index (χ2n) is 2.06. The fourth-order valence-corrected chi connectivity index (χ4v) is 1.27. The van der Waals surface area contributed by atoms with Gasteiger partial charge in [-0.05, 0) is 0 Å². The monoisotopic (exact) mass is 201 g/mol. The van der Waals surface area contributed by atoms with Gasteiger partial charge in [0.2, 0.25) is 0 Å². The molecule has 12 heavy (non-hydrogen) atoms. The molecule has 2 unspecified atom stereocenters. The van der Waals surface area contributed by atoms with Crippen LogP contribution in [0.15, 0.2) is 0 Å². The highest BCUT2D eigenvalue weighted by molar-refractivity contribution is 7.52. The van der Waals surface area contributed by atoms with E-state index in [4.69, 9.17) is 25.7 Å². The van der Waals surface area contributed by atoms with Gasteiger partial charge in [-0.15, -0.1) is 0 Å². The summed E-state index contributed by atoms with van der Waals surface area (Å²) in [6.07, 6.45) is -1.77. The Labute approximate surface area is 68.9 Å². The Kier molecular flexibility index (Phi) is 4.88. The first-order valence-electron chi connectivity index (χ1n) is 3.11. The van der Waals surface area contributed by atoms with Gasteiger partial charge in [0.1, 0.15) is 6.23 Å². The lowest BCUT2D eigenvalue weighted by Gasteiger charge is -2.20. The third-order valence-electron chi connectivity index (χ3n) is 1.00. The van der Waals surface area contributed by atoms with E-state index in [0.717, 1.165) is 0 Å². The Hall–Kier alpha value is -0.0100. The van der Waals surface area contributed by atoms with Crippen LogP contribution in [-0.2, 0) is 9.30 Å². The van der Waals surface area contributed by atoms with Gasteiger partial charge in [-0.25, -0.2) is 0 Å². The first kappa shape index (κ1) is 12.0. The van der Waals surface area contributed by atoms with Crippen molar-refractivity contribution in [3.63, 3.8) is 0 Å². The number of ether oxygens (including phenoxy) is 1. The Morgan fingerprint density at radius 1 is 1.50 bits per heavy atom. The summed E-state index contributed by atoms with van der Waals surface area (Å²) in [6.45, 7) is -0.687. The highest BCUT2D eigenvalue weighted by Gasteiger charge is 2.34. The first-order valence-corrected chi connectivity index (χ1v) is 4.79. The fourth-order valence-electron chi connectivity index (χ4n) is 0.568. The Morgan fingerprint density at radius 3 is 2.25 bits per heavy atom. The van der Waals surface area contributed by atoms with Crippen molar-refractivity contribution in [2.75, 3.05) is 13.2 Å². The van der Waals surface area contributed by atoms with Gasteiger partial charge < -0.3 is 30.5 Å². The molecule has 0 radical (unpaired) electrons. The minimum atomic E-state index is -4.57. The van der Waals surface area contributed by atoms with E-state index in [1.807, 2.05) is 0 Å².